The van der Waals surface area contributed by atoms with Gasteiger partial charge >= 0.3 is 5.97 Å². The first-order valence-corrected chi connectivity index (χ1v) is 6.17. The van der Waals surface area contributed by atoms with Crippen LogP contribution < -0.4 is 5.32 Å². The Morgan fingerprint density at radius 3 is 2.76 bits per heavy atom. The van der Waals surface area contributed by atoms with Crippen LogP contribution in [0.1, 0.15) is 25.7 Å². The fourth-order valence-corrected chi connectivity index (χ4v) is 2.36. The van der Waals surface area contributed by atoms with Gasteiger partial charge in [-0.25, -0.2) is 4.98 Å². The number of aromatic nitrogens is 2. The monoisotopic (exact) mass is 237 g/mol. The molecule has 0 bridgehead atoms. The molecule has 1 aliphatic carbocycles. The van der Waals surface area contributed by atoms with Gasteiger partial charge in [0.25, 0.3) is 0 Å². The highest BCUT2D eigenvalue weighted by atomic mass is 16.4. The molecule has 0 atom stereocenters. The Balaban J connectivity index is 1.63. The lowest BCUT2D eigenvalue weighted by molar-refractivity contribution is -0.142. The van der Waals surface area contributed by atoms with Crippen molar-refractivity contribution in [1.29, 1.82) is 0 Å². The molecule has 0 spiro atoms. The molecule has 2 rings (SSSR count). The van der Waals surface area contributed by atoms with Crippen molar-refractivity contribution in [3.05, 3.63) is 18.7 Å². The highest BCUT2D eigenvalue weighted by Gasteiger charge is 2.25. The lowest BCUT2D eigenvalue weighted by Gasteiger charge is -2.26. The smallest absolute Gasteiger partial charge is 0.306 e. The molecular formula is C12H19N3O2. The topological polar surface area (TPSA) is 67.2 Å². The average Bonchev–Trinajstić information content (AvgIpc) is 2.83. The minimum Gasteiger partial charge on any atom is -0.481 e. The van der Waals surface area contributed by atoms with E-state index in [1.807, 2.05) is 17.1 Å². The van der Waals surface area contributed by atoms with Crippen molar-refractivity contribution in [1.82, 2.24) is 14.9 Å². The molecule has 1 heterocycles. The van der Waals surface area contributed by atoms with E-state index in [1.165, 1.54) is 0 Å². The molecule has 0 aliphatic heterocycles. The predicted octanol–water partition coefficient (Wildman–Crippen LogP) is 1.12. The summed E-state index contributed by atoms with van der Waals surface area (Å²) in [5.74, 6) is -0.761. The molecule has 0 saturated heterocycles. The van der Waals surface area contributed by atoms with Crippen molar-refractivity contribution in [3.8, 4) is 0 Å². The van der Waals surface area contributed by atoms with Crippen LogP contribution in [0.2, 0.25) is 0 Å². The highest BCUT2D eigenvalue weighted by molar-refractivity contribution is 5.70. The molecular weight excluding hydrogens is 218 g/mol. The molecule has 0 unspecified atom stereocenters. The lowest BCUT2D eigenvalue weighted by atomic mass is 9.86. The van der Waals surface area contributed by atoms with Crippen LogP contribution in [0.4, 0.5) is 0 Å². The number of carbonyl (C=O) groups is 1. The summed E-state index contributed by atoms with van der Waals surface area (Å²) in [7, 11) is 0. The predicted molar refractivity (Wildman–Crippen MR) is 63.6 cm³/mol. The molecule has 1 aromatic heterocycles. The van der Waals surface area contributed by atoms with Gasteiger partial charge < -0.3 is 15.0 Å². The van der Waals surface area contributed by atoms with Gasteiger partial charge in [-0.2, -0.15) is 0 Å². The zero-order valence-electron chi connectivity index (χ0n) is 9.88. The number of carboxylic acid groups (broad SMARTS) is 1. The fraction of sp³-hybridized carbons (Fsp3) is 0.667. The van der Waals surface area contributed by atoms with Crippen molar-refractivity contribution in [2.45, 2.75) is 38.3 Å². The normalized spacial score (nSPS) is 24.7. The number of carboxylic acids is 1. The van der Waals surface area contributed by atoms with Gasteiger partial charge in [-0.3, -0.25) is 4.79 Å². The summed E-state index contributed by atoms with van der Waals surface area (Å²) in [6.45, 7) is 1.83. The summed E-state index contributed by atoms with van der Waals surface area (Å²) in [5.41, 5.74) is 0. The molecule has 94 valence electrons. The van der Waals surface area contributed by atoms with Crippen molar-refractivity contribution in [3.63, 3.8) is 0 Å². The van der Waals surface area contributed by atoms with E-state index < -0.39 is 5.97 Å². The number of hydrogen-bond acceptors (Lipinski definition) is 3. The van der Waals surface area contributed by atoms with E-state index in [2.05, 4.69) is 10.3 Å². The summed E-state index contributed by atoms with van der Waals surface area (Å²) >= 11 is 0. The van der Waals surface area contributed by atoms with Crippen molar-refractivity contribution in [2.24, 2.45) is 5.92 Å². The second-order valence-corrected chi connectivity index (χ2v) is 4.64. The molecule has 2 N–H and O–H groups in total. The average molecular weight is 237 g/mol. The molecule has 1 fully saturated rings. The van der Waals surface area contributed by atoms with E-state index >= 15 is 0 Å². The molecule has 5 nitrogen and oxygen atoms in total. The summed E-state index contributed by atoms with van der Waals surface area (Å²) in [6.07, 6.45) is 9.09. The van der Waals surface area contributed by atoms with E-state index in [1.54, 1.807) is 6.20 Å². The summed E-state index contributed by atoms with van der Waals surface area (Å²) in [6, 6.07) is 0.481. The van der Waals surface area contributed by atoms with E-state index in [0.717, 1.165) is 38.8 Å². The van der Waals surface area contributed by atoms with Gasteiger partial charge in [-0.05, 0) is 25.7 Å². The summed E-state index contributed by atoms with van der Waals surface area (Å²) in [4.78, 5) is 14.8. The quantitative estimate of drug-likeness (QED) is 0.805. The van der Waals surface area contributed by atoms with Gasteiger partial charge in [0.2, 0.25) is 0 Å². The van der Waals surface area contributed by atoms with Crippen LogP contribution >= 0.6 is 0 Å². The molecule has 0 amide bonds. The Bertz CT molecular complexity index is 343. The first-order valence-electron chi connectivity index (χ1n) is 6.17. The maximum atomic E-state index is 10.8. The summed E-state index contributed by atoms with van der Waals surface area (Å²) < 4.78 is 2.04. The van der Waals surface area contributed by atoms with Crippen LogP contribution in [-0.4, -0.2) is 33.2 Å². The van der Waals surface area contributed by atoms with Crippen LogP contribution in [0.5, 0.6) is 0 Å². The van der Waals surface area contributed by atoms with Gasteiger partial charge in [0.15, 0.2) is 0 Å². The Morgan fingerprint density at radius 1 is 1.41 bits per heavy atom. The minimum atomic E-state index is -0.637. The lowest BCUT2D eigenvalue weighted by Crippen LogP contribution is -2.36. The second-order valence-electron chi connectivity index (χ2n) is 4.64. The third kappa shape index (κ3) is 3.56. The SMILES string of the molecule is O=C(O)C1CCC(NCCn2ccnc2)CC1. The number of hydrogen-bond donors (Lipinski definition) is 2. The number of aliphatic carboxylic acids is 1. The third-order valence-electron chi connectivity index (χ3n) is 3.44. The minimum absolute atomic E-state index is 0.123. The van der Waals surface area contributed by atoms with Crippen molar-refractivity contribution >= 4 is 5.97 Å². The number of nitrogens with zero attached hydrogens (tertiary/aromatic N) is 2. The third-order valence-corrected chi connectivity index (χ3v) is 3.44. The van der Waals surface area contributed by atoms with Crippen LogP contribution in [0.3, 0.4) is 0 Å². The Labute approximate surface area is 101 Å². The zero-order valence-corrected chi connectivity index (χ0v) is 9.88. The molecule has 0 radical (unpaired) electrons. The van der Waals surface area contributed by atoms with Crippen LogP contribution in [0, 0.1) is 5.92 Å². The van der Waals surface area contributed by atoms with Gasteiger partial charge in [0.1, 0.15) is 0 Å². The maximum Gasteiger partial charge on any atom is 0.306 e. The molecule has 17 heavy (non-hydrogen) atoms. The molecule has 1 aromatic rings. The molecule has 1 saturated carbocycles. The largest absolute Gasteiger partial charge is 0.481 e. The highest BCUT2D eigenvalue weighted by Crippen LogP contribution is 2.24. The van der Waals surface area contributed by atoms with E-state index in [9.17, 15) is 4.79 Å². The second kappa shape index (κ2) is 5.82. The van der Waals surface area contributed by atoms with E-state index in [-0.39, 0.29) is 5.92 Å². The van der Waals surface area contributed by atoms with Gasteiger partial charge in [-0.15, -0.1) is 0 Å². The Morgan fingerprint density at radius 2 is 2.18 bits per heavy atom. The summed E-state index contributed by atoms with van der Waals surface area (Å²) in [5, 5.41) is 12.4. The van der Waals surface area contributed by atoms with Crippen molar-refractivity contribution in [2.75, 3.05) is 6.54 Å². The molecule has 5 heteroatoms. The first kappa shape index (κ1) is 12.1. The van der Waals surface area contributed by atoms with Crippen LogP contribution in [-0.2, 0) is 11.3 Å². The van der Waals surface area contributed by atoms with E-state index in [0.29, 0.717) is 6.04 Å². The van der Waals surface area contributed by atoms with Gasteiger partial charge in [0.05, 0.1) is 12.2 Å². The number of imidazole rings is 1. The van der Waals surface area contributed by atoms with Crippen molar-refractivity contribution < 1.29 is 9.90 Å². The Kier molecular flexibility index (Phi) is 4.14. The van der Waals surface area contributed by atoms with Gasteiger partial charge in [0, 0.05) is 31.5 Å². The first-order chi connectivity index (χ1) is 8.25. The molecule has 0 aromatic carbocycles. The van der Waals surface area contributed by atoms with Gasteiger partial charge in [-0.1, -0.05) is 0 Å². The molecule has 1 aliphatic rings. The Hall–Kier alpha value is -1.36. The van der Waals surface area contributed by atoms with Crippen LogP contribution in [0.15, 0.2) is 18.7 Å². The number of nitrogens with one attached hydrogen (secondary N) is 1. The van der Waals surface area contributed by atoms with Crippen LogP contribution in [0.25, 0.3) is 0 Å². The zero-order chi connectivity index (χ0) is 12.1. The number of rotatable bonds is 5. The van der Waals surface area contributed by atoms with E-state index in [4.69, 9.17) is 5.11 Å². The standard InChI is InChI=1S/C12H19N3O2/c16-12(17)10-1-3-11(4-2-10)14-6-8-15-7-5-13-9-15/h5,7,9-11,14H,1-4,6,8H2,(H,16,17). The maximum absolute atomic E-state index is 10.8. The fourth-order valence-electron chi connectivity index (χ4n) is 2.36.